The molecule has 26 heavy (non-hydrogen) atoms. The van der Waals surface area contributed by atoms with E-state index in [9.17, 15) is 13.2 Å². The Morgan fingerprint density at radius 2 is 1.58 bits per heavy atom. The second kappa shape index (κ2) is 5.94. The van der Waals surface area contributed by atoms with Gasteiger partial charge in [0.05, 0.1) is 15.9 Å². The van der Waals surface area contributed by atoms with Crippen LogP contribution < -0.4 is 15.7 Å². The Morgan fingerprint density at radius 1 is 1.04 bits per heavy atom. The number of nitrogens with zero attached hydrogens (tertiary/aromatic N) is 2. The number of hydrogen-bond donors (Lipinski definition) is 2. The normalized spacial score (nSPS) is 20.5. The maximum Gasteiger partial charge on any atom is 0.328 e. The van der Waals surface area contributed by atoms with Gasteiger partial charge < -0.3 is 5.32 Å². The first-order valence-electron chi connectivity index (χ1n) is 8.78. The summed E-state index contributed by atoms with van der Waals surface area (Å²) < 4.78 is 31.7. The van der Waals surface area contributed by atoms with Crippen LogP contribution in [0.2, 0.25) is 0 Å². The summed E-state index contributed by atoms with van der Waals surface area (Å²) in [6, 6.07) is 4.65. The van der Waals surface area contributed by atoms with E-state index in [0.29, 0.717) is 23.9 Å². The van der Waals surface area contributed by atoms with Crippen LogP contribution >= 0.6 is 0 Å². The van der Waals surface area contributed by atoms with E-state index in [1.807, 2.05) is 0 Å². The van der Waals surface area contributed by atoms with Crippen molar-refractivity contribution < 1.29 is 8.42 Å². The van der Waals surface area contributed by atoms with E-state index in [4.69, 9.17) is 0 Å². The van der Waals surface area contributed by atoms with Crippen LogP contribution in [0.3, 0.4) is 0 Å². The first-order valence-corrected chi connectivity index (χ1v) is 10.3. The monoisotopic (exact) mass is 380 g/mol. The predicted octanol–water partition coefficient (Wildman–Crippen LogP) is 1.46. The Kier molecular flexibility index (Phi) is 4.37. The molecule has 1 saturated heterocycles. The van der Waals surface area contributed by atoms with E-state index in [1.165, 1.54) is 9.13 Å². The summed E-state index contributed by atoms with van der Waals surface area (Å²) in [6.45, 7) is 8.34. The SMILES string of the molecule is Cn1c(=O)n(C)c2cc(S(=O)(=O)NC3CC(C)(C)NC(C)(C)C3)ccc21. The molecule has 0 aliphatic carbocycles. The summed E-state index contributed by atoms with van der Waals surface area (Å²) in [5, 5.41) is 3.55. The smallest absolute Gasteiger partial charge is 0.307 e. The lowest BCUT2D eigenvalue weighted by molar-refractivity contribution is 0.157. The third-order valence-electron chi connectivity index (χ3n) is 5.07. The number of rotatable bonds is 3. The second-order valence-corrected chi connectivity index (χ2v) is 10.4. The number of imidazole rings is 1. The van der Waals surface area contributed by atoms with Crippen molar-refractivity contribution in [3.63, 3.8) is 0 Å². The number of nitrogens with one attached hydrogen (secondary N) is 2. The van der Waals surface area contributed by atoms with Crippen LogP contribution in [-0.4, -0.2) is 34.7 Å². The first kappa shape index (κ1) is 19.1. The zero-order valence-corrected chi connectivity index (χ0v) is 17.1. The Balaban J connectivity index is 1.95. The van der Waals surface area contributed by atoms with Gasteiger partial charge in [-0.15, -0.1) is 0 Å². The summed E-state index contributed by atoms with van der Waals surface area (Å²) in [5.41, 5.74) is 0.834. The zero-order valence-electron chi connectivity index (χ0n) is 16.3. The fraction of sp³-hybridized carbons (Fsp3) is 0.611. The summed E-state index contributed by atoms with van der Waals surface area (Å²) in [7, 11) is -0.352. The van der Waals surface area contributed by atoms with Crippen molar-refractivity contribution >= 4 is 21.1 Å². The van der Waals surface area contributed by atoms with Gasteiger partial charge in [0.15, 0.2) is 0 Å². The molecule has 0 spiro atoms. The molecule has 1 aromatic carbocycles. The van der Waals surface area contributed by atoms with Crippen LogP contribution in [0, 0.1) is 0 Å². The molecule has 7 nitrogen and oxygen atoms in total. The van der Waals surface area contributed by atoms with Gasteiger partial charge in [0.2, 0.25) is 10.0 Å². The number of piperidine rings is 1. The van der Waals surface area contributed by atoms with Gasteiger partial charge in [0, 0.05) is 31.2 Å². The summed E-state index contributed by atoms with van der Waals surface area (Å²) in [4.78, 5) is 12.2. The first-order chi connectivity index (χ1) is 11.8. The van der Waals surface area contributed by atoms with Crippen LogP contribution in [0.5, 0.6) is 0 Å². The molecule has 1 aromatic heterocycles. The van der Waals surface area contributed by atoms with Crippen molar-refractivity contribution in [2.24, 2.45) is 14.1 Å². The number of aromatic nitrogens is 2. The highest BCUT2D eigenvalue weighted by molar-refractivity contribution is 7.89. The third kappa shape index (κ3) is 3.45. The maximum absolute atomic E-state index is 12.9. The molecule has 0 bridgehead atoms. The number of hydrogen-bond acceptors (Lipinski definition) is 4. The molecule has 1 aliphatic rings. The molecular weight excluding hydrogens is 352 g/mol. The molecule has 0 radical (unpaired) electrons. The Bertz CT molecular complexity index is 999. The van der Waals surface area contributed by atoms with Gasteiger partial charge in [-0.3, -0.25) is 9.13 Å². The standard InChI is InChI=1S/C18H28N4O3S/c1-17(2)10-12(11-18(3,4)20-17)19-26(24,25)13-7-8-14-15(9-13)22(6)16(23)21(14)5/h7-9,12,19-20H,10-11H2,1-6H3. The summed E-state index contributed by atoms with van der Waals surface area (Å²) in [5.74, 6) is 0. The lowest BCUT2D eigenvalue weighted by atomic mass is 9.80. The second-order valence-electron chi connectivity index (χ2n) is 8.67. The Labute approximate surface area is 154 Å². The lowest BCUT2D eigenvalue weighted by Gasteiger charge is -2.46. The van der Waals surface area contributed by atoms with E-state index in [-0.39, 0.29) is 27.7 Å². The van der Waals surface area contributed by atoms with Crippen molar-refractivity contribution in [1.82, 2.24) is 19.2 Å². The van der Waals surface area contributed by atoms with Gasteiger partial charge in [-0.25, -0.2) is 17.9 Å². The highest BCUT2D eigenvalue weighted by Gasteiger charge is 2.39. The van der Waals surface area contributed by atoms with Crippen LogP contribution in [-0.2, 0) is 24.1 Å². The van der Waals surface area contributed by atoms with Crippen molar-refractivity contribution in [3.05, 3.63) is 28.7 Å². The van der Waals surface area contributed by atoms with E-state index >= 15 is 0 Å². The average molecular weight is 381 g/mol. The fourth-order valence-corrected chi connectivity index (χ4v) is 5.60. The molecule has 1 fully saturated rings. The highest BCUT2D eigenvalue weighted by atomic mass is 32.2. The van der Waals surface area contributed by atoms with Crippen LogP contribution in [0.25, 0.3) is 11.0 Å². The van der Waals surface area contributed by atoms with Gasteiger partial charge >= 0.3 is 5.69 Å². The molecule has 2 heterocycles. The molecule has 144 valence electrons. The van der Waals surface area contributed by atoms with Gasteiger partial charge in [0.25, 0.3) is 0 Å². The van der Waals surface area contributed by atoms with Crippen molar-refractivity contribution in [1.29, 1.82) is 0 Å². The van der Waals surface area contributed by atoms with E-state index < -0.39 is 10.0 Å². The van der Waals surface area contributed by atoms with Gasteiger partial charge in [-0.05, 0) is 58.7 Å². The third-order valence-corrected chi connectivity index (χ3v) is 6.58. The van der Waals surface area contributed by atoms with Crippen molar-refractivity contribution in [3.8, 4) is 0 Å². The molecule has 0 unspecified atom stereocenters. The zero-order chi connectivity index (χ0) is 19.5. The van der Waals surface area contributed by atoms with Gasteiger partial charge in [-0.2, -0.15) is 0 Å². The Hall–Kier alpha value is -1.64. The Morgan fingerprint density at radius 3 is 2.15 bits per heavy atom. The summed E-state index contributed by atoms with van der Waals surface area (Å²) in [6.07, 6.45) is 1.42. The largest absolute Gasteiger partial charge is 0.328 e. The summed E-state index contributed by atoms with van der Waals surface area (Å²) >= 11 is 0. The van der Waals surface area contributed by atoms with E-state index in [1.54, 1.807) is 32.3 Å². The minimum atomic E-state index is -3.67. The van der Waals surface area contributed by atoms with E-state index in [2.05, 4.69) is 37.7 Å². The molecule has 3 rings (SSSR count). The van der Waals surface area contributed by atoms with Crippen molar-refractivity contribution in [2.75, 3.05) is 0 Å². The fourth-order valence-electron chi connectivity index (χ4n) is 4.35. The predicted molar refractivity (Wildman–Crippen MR) is 103 cm³/mol. The molecular formula is C18H28N4O3S. The van der Waals surface area contributed by atoms with Crippen molar-refractivity contribution in [2.45, 2.75) is 62.6 Å². The maximum atomic E-state index is 12.9. The quantitative estimate of drug-likeness (QED) is 0.844. The minimum absolute atomic E-state index is 0.151. The molecule has 2 aromatic rings. The molecule has 0 saturated carbocycles. The molecule has 0 amide bonds. The molecule has 2 N–H and O–H groups in total. The number of benzene rings is 1. The van der Waals surface area contributed by atoms with Gasteiger partial charge in [0.1, 0.15) is 0 Å². The molecule has 1 aliphatic heterocycles. The minimum Gasteiger partial charge on any atom is -0.307 e. The van der Waals surface area contributed by atoms with Gasteiger partial charge in [-0.1, -0.05) is 0 Å². The highest BCUT2D eigenvalue weighted by Crippen LogP contribution is 2.29. The topological polar surface area (TPSA) is 85.1 Å². The number of sulfonamides is 1. The van der Waals surface area contributed by atoms with E-state index in [0.717, 1.165) is 0 Å². The van der Waals surface area contributed by atoms with Crippen LogP contribution in [0.1, 0.15) is 40.5 Å². The number of fused-ring (bicyclic) bond motifs is 1. The molecule has 8 heteroatoms. The van der Waals surface area contributed by atoms with Crippen LogP contribution in [0.15, 0.2) is 27.9 Å². The molecule has 0 atom stereocenters. The number of aryl methyl sites for hydroxylation is 2. The lowest BCUT2D eigenvalue weighted by Crippen LogP contribution is -2.62. The van der Waals surface area contributed by atoms with Crippen LogP contribution in [0.4, 0.5) is 0 Å². The average Bonchev–Trinajstić information content (AvgIpc) is 2.68.